The first kappa shape index (κ1) is 13.5. The van der Waals surface area contributed by atoms with E-state index in [-0.39, 0.29) is 17.4 Å². The Morgan fingerprint density at radius 2 is 2.14 bits per heavy atom. The highest BCUT2D eigenvalue weighted by molar-refractivity contribution is 5.89. The van der Waals surface area contributed by atoms with Crippen LogP contribution in [0.5, 0.6) is 0 Å². The van der Waals surface area contributed by atoms with Gasteiger partial charge in [-0.25, -0.2) is 14.2 Å². The lowest BCUT2D eigenvalue weighted by atomic mass is 9.96. The first-order valence-corrected chi connectivity index (χ1v) is 6.84. The SMILES string of the molecule is CC1CCc2ccccc2N1c1nccc(C(=O)O)c1F. The van der Waals surface area contributed by atoms with Gasteiger partial charge in [-0.15, -0.1) is 0 Å². The van der Waals surface area contributed by atoms with Crippen molar-refractivity contribution in [3.63, 3.8) is 0 Å². The van der Waals surface area contributed by atoms with Gasteiger partial charge in [-0.1, -0.05) is 18.2 Å². The molecule has 1 aliphatic rings. The minimum Gasteiger partial charge on any atom is -0.478 e. The molecule has 2 aromatic rings. The number of carbonyl (C=O) groups is 1. The topological polar surface area (TPSA) is 53.4 Å². The molecule has 1 aromatic carbocycles. The first-order chi connectivity index (χ1) is 10.1. The van der Waals surface area contributed by atoms with E-state index in [4.69, 9.17) is 5.11 Å². The molecule has 1 N–H and O–H groups in total. The fraction of sp³-hybridized carbons (Fsp3) is 0.250. The summed E-state index contributed by atoms with van der Waals surface area (Å²) in [7, 11) is 0. The largest absolute Gasteiger partial charge is 0.478 e. The monoisotopic (exact) mass is 286 g/mol. The number of fused-ring (bicyclic) bond motifs is 1. The summed E-state index contributed by atoms with van der Waals surface area (Å²) in [4.78, 5) is 17.0. The molecule has 0 bridgehead atoms. The molecule has 2 heterocycles. The van der Waals surface area contributed by atoms with Gasteiger partial charge in [0.1, 0.15) is 5.56 Å². The number of hydrogen-bond donors (Lipinski definition) is 1. The van der Waals surface area contributed by atoms with Crippen LogP contribution in [0.1, 0.15) is 29.3 Å². The van der Waals surface area contributed by atoms with Gasteiger partial charge in [0.15, 0.2) is 11.6 Å². The van der Waals surface area contributed by atoms with Crippen LogP contribution >= 0.6 is 0 Å². The van der Waals surface area contributed by atoms with E-state index >= 15 is 0 Å². The molecule has 1 aromatic heterocycles. The highest BCUT2D eigenvalue weighted by Crippen LogP contribution is 2.37. The predicted octanol–water partition coefficient (Wildman–Crippen LogP) is 3.39. The minimum absolute atomic E-state index is 0.0611. The Morgan fingerprint density at radius 1 is 1.38 bits per heavy atom. The van der Waals surface area contributed by atoms with Crippen molar-refractivity contribution in [2.24, 2.45) is 0 Å². The van der Waals surface area contributed by atoms with E-state index in [2.05, 4.69) is 4.98 Å². The maximum absolute atomic E-state index is 14.5. The highest BCUT2D eigenvalue weighted by Gasteiger charge is 2.28. The van der Waals surface area contributed by atoms with E-state index in [0.29, 0.717) is 0 Å². The summed E-state index contributed by atoms with van der Waals surface area (Å²) < 4.78 is 14.5. The summed E-state index contributed by atoms with van der Waals surface area (Å²) in [6.45, 7) is 1.99. The van der Waals surface area contributed by atoms with Crippen molar-refractivity contribution in [2.45, 2.75) is 25.8 Å². The Bertz CT molecular complexity index is 702. The van der Waals surface area contributed by atoms with Crippen LogP contribution in [-0.2, 0) is 6.42 Å². The number of benzene rings is 1. The fourth-order valence-corrected chi connectivity index (χ4v) is 2.78. The third kappa shape index (κ3) is 2.24. The normalized spacial score (nSPS) is 17.4. The zero-order valence-corrected chi connectivity index (χ0v) is 11.6. The van der Waals surface area contributed by atoms with Crippen molar-refractivity contribution < 1.29 is 14.3 Å². The number of pyridine rings is 1. The molecular formula is C16H15FN2O2. The van der Waals surface area contributed by atoms with Crippen LogP contribution in [0.2, 0.25) is 0 Å². The van der Waals surface area contributed by atoms with Crippen LogP contribution in [-0.4, -0.2) is 22.1 Å². The molecule has 1 unspecified atom stereocenters. The molecule has 3 rings (SSSR count). The highest BCUT2D eigenvalue weighted by atomic mass is 19.1. The molecule has 108 valence electrons. The third-order valence-electron chi connectivity index (χ3n) is 3.85. The maximum Gasteiger partial charge on any atom is 0.338 e. The molecule has 0 spiro atoms. The molecule has 0 aliphatic carbocycles. The van der Waals surface area contributed by atoms with Gasteiger partial charge in [0.25, 0.3) is 0 Å². The van der Waals surface area contributed by atoms with Gasteiger partial charge < -0.3 is 10.0 Å². The van der Waals surface area contributed by atoms with Crippen LogP contribution < -0.4 is 4.90 Å². The van der Waals surface area contributed by atoms with E-state index in [1.165, 1.54) is 12.3 Å². The summed E-state index contributed by atoms with van der Waals surface area (Å²) in [5.41, 5.74) is 1.66. The van der Waals surface area contributed by atoms with Crippen LogP contribution in [0.25, 0.3) is 0 Å². The smallest absolute Gasteiger partial charge is 0.338 e. The molecule has 0 saturated carbocycles. The van der Waals surface area contributed by atoms with E-state index in [1.54, 1.807) is 4.90 Å². The number of nitrogens with zero attached hydrogens (tertiary/aromatic N) is 2. The van der Waals surface area contributed by atoms with Crippen molar-refractivity contribution in [2.75, 3.05) is 4.90 Å². The quantitative estimate of drug-likeness (QED) is 0.919. The molecule has 1 atom stereocenters. The number of rotatable bonds is 2. The number of aromatic carboxylic acids is 1. The van der Waals surface area contributed by atoms with E-state index in [0.717, 1.165) is 24.1 Å². The Kier molecular flexibility index (Phi) is 3.33. The summed E-state index contributed by atoms with van der Waals surface area (Å²) in [5.74, 6) is -1.99. The van der Waals surface area contributed by atoms with E-state index < -0.39 is 11.8 Å². The number of anilines is 2. The van der Waals surface area contributed by atoms with Gasteiger partial charge in [0.2, 0.25) is 0 Å². The Labute approximate surface area is 121 Å². The zero-order chi connectivity index (χ0) is 15.0. The van der Waals surface area contributed by atoms with Crippen molar-refractivity contribution in [3.8, 4) is 0 Å². The second-order valence-electron chi connectivity index (χ2n) is 5.19. The average molecular weight is 286 g/mol. The second-order valence-corrected chi connectivity index (χ2v) is 5.19. The van der Waals surface area contributed by atoms with E-state index in [9.17, 15) is 9.18 Å². The number of hydrogen-bond acceptors (Lipinski definition) is 3. The minimum atomic E-state index is -1.28. The fourth-order valence-electron chi connectivity index (χ4n) is 2.78. The lowest BCUT2D eigenvalue weighted by Gasteiger charge is -2.36. The number of para-hydroxylation sites is 1. The van der Waals surface area contributed by atoms with Crippen molar-refractivity contribution in [3.05, 3.63) is 53.5 Å². The molecule has 0 saturated heterocycles. The summed E-state index contributed by atoms with van der Waals surface area (Å²) in [6, 6.07) is 9.01. The Hall–Kier alpha value is -2.43. The molecule has 5 heteroatoms. The van der Waals surface area contributed by atoms with Gasteiger partial charge >= 0.3 is 5.97 Å². The predicted molar refractivity (Wildman–Crippen MR) is 77.5 cm³/mol. The standard InChI is InChI=1S/C16H15FN2O2/c1-10-6-7-11-4-2-3-5-13(11)19(10)15-14(17)12(16(20)21)8-9-18-15/h2-5,8-10H,6-7H2,1H3,(H,20,21). The molecule has 0 amide bonds. The summed E-state index contributed by atoms with van der Waals surface area (Å²) in [6.07, 6.45) is 3.13. The summed E-state index contributed by atoms with van der Waals surface area (Å²) >= 11 is 0. The Morgan fingerprint density at radius 3 is 2.90 bits per heavy atom. The van der Waals surface area contributed by atoms with E-state index in [1.807, 2.05) is 31.2 Å². The van der Waals surface area contributed by atoms with Crippen molar-refractivity contribution in [1.82, 2.24) is 4.98 Å². The van der Waals surface area contributed by atoms with Crippen LogP contribution in [0.3, 0.4) is 0 Å². The zero-order valence-electron chi connectivity index (χ0n) is 11.6. The second kappa shape index (κ2) is 5.16. The van der Waals surface area contributed by atoms with Crippen LogP contribution in [0.4, 0.5) is 15.9 Å². The number of halogens is 1. The van der Waals surface area contributed by atoms with Crippen molar-refractivity contribution in [1.29, 1.82) is 0 Å². The number of aryl methyl sites for hydroxylation is 1. The molecule has 0 fully saturated rings. The Balaban J connectivity index is 2.16. The lowest BCUT2D eigenvalue weighted by Crippen LogP contribution is -2.34. The van der Waals surface area contributed by atoms with Gasteiger partial charge in [-0.3, -0.25) is 0 Å². The lowest BCUT2D eigenvalue weighted by molar-refractivity contribution is 0.0691. The first-order valence-electron chi connectivity index (χ1n) is 6.84. The third-order valence-corrected chi connectivity index (χ3v) is 3.85. The number of carboxylic acid groups (broad SMARTS) is 1. The summed E-state index contributed by atoms with van der Waals surface area (Å²) in [5, 5.41) is 9.06. The average Bonchev–Trinajstić information content (AvgIpc) is 2.48. The molecule has 4 nitrogen and oxygen atoms in total. The van der Waals surface area contributed by atoms with Gasteiger partial charge in [-0.2, -0.15) is 0 Å². The van der Waals surface area contributed by atoms with Crippen molar-refractivity contribution >= 4 is 17.5 Å². The number of carboxylic acids is 1. The maximum atomic E-state index is 14.5. The van der Waals surface area contributed by atoms with Gasteiger partial charge in [0, 0.05) is 17.9 Å². The molecule has 0 radical (unpaired) electrons. The van der Waals surface area contributed by atoms with Gasteiger partial charge in [-0.05, 0) is 37.5 Å². The molecule has 21 heavy (non-hydrogen) atoms. The van der Waals surface area contributed by atoms with Crippen LogP contribution in [0.15, 0.2) is 36.5 Å². The van der Waals surface area contributed by atoms with Gasteiger partial charge in [0.05, 0.1) is 0 Å². The van der Waals surface area contributed by atoms with Crippen LogP contribution in [0, 0.1) is 5.82 Å². The number of aromatic nitrogens is 1. The molecule has 1 aliphatic heterocycles. The molecular weight excluding hydrogens is 271 g/mol.